The van der Waals surface area contributed by atoms with Crippen molar-refractivity contribution in [2.45, 2.75) is 46.5 Å². The standard InChI is InChI=1S/C29H30F3N2O4P/c1-21-22(2)27(8-6-25-11-16-34(17-12-25)18-20-39(36,37)38)28(29(30,31)32)23(3)26(21)7-5-24-9-14-33(15-10-24)13-4-19-35/h5-12,14-17,19H,4,13,18,20H2,1-3H3/p+2/b7-5+,8-6+. The lowest BCUT2D eigenvalue weighted by Gasteiger charge is -2.21. The van der Waals surface area contributed by atoms with Crippen LogP contribution in [-0.4, -0.2) is 22.2 Å². The van der Waals surface area contributed by atoms with Crippen LogP contribution in [0.1, 0.15) is 50.9 Å². The first kappa shape index (κ1) is 30.2. The summed E-state index contributed by atoms with van der Waals surface area (Å²) in [6.07, 6.45) is 9.85. The Morgan fingerprint density at radius 3 is 1.69 bits per heavy atom. The Kier molecular flexibility index (Phi) is 9.78. The molecule has 6 nitrogen and oxygen atoms in total. The number of nitrogens with zero attached hydrogens (tertiary/aromatic N) is 2. The van der Waals surface area contributed by atoms with Crippen LogP contribution < -0.4 is 9.13 Å². The Hall–Kier alpha value is -3.39. The minimum Gasteiger partial charge on any atom is -0.324 e. The molecule has 0 atom stereocenters. The van der Waals surface area contributed by atoms with Crippen LogP contribution in [0.2, 0.25) is 0 Å². The monoisotopic (exact) mass is 560 g/mol. The lowest BCUT2D eigenvalue weighted by molar-refractivity contribution is -0.695. The smallest absolute Gasteiger partial charge is 0.324 e. The molecule has 3 rings (SSSR count). The molecule has 0 radical (unpaired) electrons. The SMILES string of the molecule is Cc1c(C)c(/C=C/c2cc[n+](CCP(=O)(O)O)cc2)c(C(F)(F)F)c(C)c1/C=C/c1cc[n+](CCC=O)cc1. The molecule has 1 aromatic carbocycles. The van der Waals surface area contributed by atoms with Gasteiger partial charge >= 0.3 is 13.8 Å². The van der Waals surface area contributed by atoms with E-state index in [0.29, 0.717) is 29.7 Å². The Morgan fingerprint density at radius 2 is 1.23 bits per heavy atom. The van der Waals surface area contributed by atoms with Gasteiger partial charge in [0.15, 0.2) is 37.9 Å². The van der Waals surface area contributed by atoms with Crippen LogP contribution in [0.25, 0.3) is 24.3 Å². The fourth-order valence-electron chi connectivity index (χ4n) is 4.30. The van der Waals surface area contributed by atoms with Crippen LogP contribution in [0.4, 0.5) is 13.2 Å². The quantitative estimate of drug-likeness (QED) is 0.200. The third-order valence-corrected chi connectivity index (χ3v) is 7.36. The molecule has 10 heteroatoms. The van der Waals surface area contributed by atoms with Crippen molar-refractivity contribution in [3.63, 3.8) is 0 Å². The van der Waals surface area contributed by atoms with Crippen LogP contribution >= 0.6 is 7.60 Å². The molecule has 0 aliphatic rings. The van der Waals surface area contributed by atoms with E-state index >= 15 is 0 Å². The third kappa shape index (κ3) is 8.30. The topological polar surface area (TPSA) is 82.4 Å². The highest BCUT2D eigenvalue weighted by molar-refractivity contribution is 7.51. The van der Waals surface area contributed by atoms with Gasteiger partial charge < -0.3 is 14.6 Å². The lowest BCUT2D eigenvalue weighted by Crippen LogP contribution is -2.34. The molecule has 39 heavy (non-hydrogen) atoms. The summed E-state index contributed by atoms with van der Waals surface area (Å²) in [6.45, 7) is 5.67. The van der Waals surface area contributed by atoms with Gasteiger partial charge in [0.25, 0.3) is 0 Å². The molecule has 0 saturated carbocycles. The average Bonchev–Trinajstić information content (AvgIpc) is 2.87. The summed E-state index contributed by atoms with van der Waals surface area (Å²) >= 11 is 0. The first-order valence-electron chi connectivity index (χ1n) is 12.3. The molecule has 2 aromatic heterocycles. The van der Waals surface area contributed by atoms with E-state index in [4.69, 9.17) is 9.79 Å². The second-order valence-electron chi connectivity index (χ2n) is 9.32. The van der Waals surface area contributed by atoms with E-state index in [9.17, 15) is 22.5 Å². The molecule has 0 saturated heterocycles. The summed E-state index contributed by atoms with van der Waals surface area (Å²) in [7, 11) is -4.12. The van der Waals surface area contributed by atoms with Crippen LogP contribution in [-0.2, 0) is 28.6 Å². The van der Waals surface area contributed by atoms with E-state index in [1.165, 1.54) is 13.0 Å². The second kappa shape index (κ2) is 12.6. The van der Waals surface area contributed by atoms with Crippen LogP contribution in [0.15, 0.2) is 49.1 Å². The maximum absolute atomic E-state index is 14.3. The number of pyridine rings is 2. The lowest BCUT2D eigenvalue weighted by atomic mass is 9.87. The minimum atomic E-state index is -4.57. The highest BCUT2D eigenvalue weighted by Crippen LogP contribution is 2.40. The zero-order chi connectivity index (χ0) is 28.8. The predicted octanol–water partition coefficient (Wildman–Crippen LogP) is 5.31. The number of carbonyl (C=O) groups excluding carboxylic acids is 1. The van der Waals surface area contributed by atoms with Crippen LogP contribution in [0, 0.1) is 20.8 Å². The molecule has 2 N–H and O–H groups in total. The van der Waals surface area contributed by atoms with E-state index < -0.39 is 19.3 Å². The van der Waals surface area contributed by atoms with Gasteiger partial charge in [0.1, 0.15) is 12.4 Å². The van der Waals surface area contributed by atoms with Crippen LogP contribution in [0.5, 0.6) is 0 Å². The number of rotatable bonds is 10. The number of aromatic nitrogens is 2. The normalized spacial score (nSPS) is 12.5. The van der Waals surface area contributed by atoms with E-state index in [1.54, 1.807) is 54.2 Å². The molecule has 0 aliphatic heterocycles. The Bertz CT molecular complexity index is 1430. The molecule has 0 aliphatic carbocycles. The van der Waals surface area contributed by atoms with Gasteiger partial charge in [-0.1, -0.05) is 24.3 Å². The zero-order valence-corrected chi connectivity index (χ0v) is 22.9. The fourth-order valence-corrected chi connectivity index (χ4v) is 4.79. The molecule has 2 heterocycles. The minimum absolute atomic E-state index is 0.101. The van der Waals surface area contributed by atoms with E-state index in [0.717, 1.165) is 17.4 Å². The van der Waals surface area contributed by atoms with Crippen molar-refractivity contribution in [1.82, 2.24) is 0 Å². The Balaban J connectivity index is 1.93. The molecule has 0 unspecified atom stereocenters. The van der Waals surface area contributed by atoms with Gasteiger partial charge in [-0.05, 0) is 59.7 Å². The van der Waals surface area contributed by atoms with Gasteiger partial charge in [0.2, 0.25) is 0 Å². The number of benzene rings is 1. The number of aldehydes is 1. The van der Waals surface area contributed by atoms with Gasteiger partial charge in [-0.15, -0.1) is 0 Å². The number of alkyl halides is 3. The summed E-state index contributed by atoms with van der Waals surface area (Å²) in [5, 5.41) is 0. The third-order valence-electron chi connectivity index (χ3n) is 6.58. The first-order valence-corrected chi connectivity index (χ1v) is 14.1. The van der Waals surface area contributed by atoms with Crippen molar-refractivity contribution in [2.24, 2.45) is 0 Å². The van der Waals surface area contributed by atoms with Crippen molar-refractivity contribution < 1.29 is 41.5 Å². The number of hydrogen-bond acceptors (Lipinski definition) is 2. The first-order chi connectivity index (χ1) is 18.3. The molecular formula is C29H32F3N2O4P+2. The molecular weight excluding hydrogens is 528 g/mol. The van der Waals surface area contributed by atoms with Crippen molar-refractivity contribution >= 4 is 38.2 Å². The highest BCUT2D eigenvalue weighted by Gasteiger charge is 2.36. The van der Waals surface area contributed by atoms with Crippen LogP contribution in [0.3, 0.4) is 0 Å². The molecule has 0 amide bonds. The van der Waals surface area contributed by atoms with Gasteiger partial charge in [0.05, 0.1) is 12.0 Å². The predicted molar refractivity (Wildman–Crippen MR) is 144 cm³/mol. The summed E-state index contributed by atoms with van der Waals surface area (Å²) in [6, 6.07) is 7.04. The highest BCUT2D eigenvalue weighted by atomic mass is 31.2. The number of aryl methyl sites for hydroxylation is 2. The molecule has 0 fully saturated rings. The molecule has 0 bridgehead atoms. The molecule has 206 valence electrons. The maximum Gasteiger partial charge on any atom is 0.417 e. The Morgan fingerprint density at radius 1 is 0.769 bits per heavy atom. The van der Waals surface area contributed by atoms with Crippen molar-refractivity contribution in [3.05, 3.63) is 93.6 Å². The Labute approximate surface area is 225 Å². The van der Waals surface area contributed by atoms with E-state index in [-0.39, 0.29) is 23.8 Å². The van der Waals surface area contributed by atoms with Gasteiger partial charge in [-0.2, -0.15) is 13.2 Å². The zero-order valence-electron chi connectivity index (χ0n) is 22.0. The van der Waals surface area contributed by atoms with E-state index in [2.05, 4.69) is 0 Å². The van der Waals surface area contributed by atoms with Crippen molar-refractivity contribution in [2.75, 3.05) is 6.16 Å². The number of halogens is 3. The van der Waals surface area contributed by atoms with Gasteiger partial charge in [-0.25, -0.2) is 9.13 Å². The molecule has 3 aromatic rings. The second-order valence-corrected chi connectivity index (χ2v) is 11.1. The summed E-state index contributed by atoms with van der Waals surface area (Å²) in [4.78, 5) is 28.6. The maximum atomic E-state index is 14.3. The van der Waals surface area contributed by atoms with E-state index in [1.807, 2.05) is 36.0 Å². The van der Waals surface area contributed by atoms with Crippen molar-refractivity contribution in [3.8, 4) is 0 Å². The fraction of sp³-hybridized carbons (Fsp3) is 0.276. The number of hydrogen-bond donors (Lipinski definition) is 2. The number of carbonyl (C=O) groups is 1. The molecule has 0 spiro atoms. The van der Waals surface area contributed by atoms with Gasteiger partial charge in [0, 0.05) is 24.3 Å². The summed E-state index contributed by atoms with van der Waals surface area (Å²) in [5.41, 5.74) is 2.82. The average molecular weight is 561 g/mol. The largest absolute Gasteiger partial charge is 0.417 e. The summed E-state index contributed by atoms with van der Waals surface area (Å²) < 4.78 is 57.5. The van der Waals surface area contributed by atoms with Crippen molar-refractivity contribution in [1.29, 1.82) is 0 Å². The summed E-state index contributed by atoms with van der Waals surface area (Å²) in [5.74, 6) is 0. The van der Waals surface area contributed by atoms with Gasteiger partial charge in [-0.3, -0.25) is 4.57 Å².